The van der Waals surface area contributed by atoms with Crippen LogP contribution in [-0.2, 0) is 6.54 Å². The molecule has 0 saturated carbocycles. The summed E-state index contributed by atoms with van der Waals surface area (Å²) in [6.45, 7) is 4.50. The van der Waals surface area contributed by atoms with E-state index in [1.165, 1.54) is 0 Å². The van der Waals surface area contributed by atoms with Crippen molar-refractivity contribution in [2.75, 3.05) is 16.8 Å². The predicted molar refractivity (Wildman–Crippen MR) is 125 cm³/mol. The molecule has 0 radical (unpaired) electrons. The average molecular weight is 454 g/mol. The molecule has 3 aromatic rings. The SMILES string of the molecule is Cc1ccc(NC(=O)NCc2ccc3cc(N4CCC(O)NC4=O)c(C)nc3c2)cc1Cl. The number of aromatic nitrogens is 1. The molecule has 1 saturated heterocycles. The van der Waals surface area contributed by atoms with E-state index in [1.807, 2.05) is 44.2 Å². The summed E-state index contributed by atoms with van der Waals surface area (Å²) in [5.74, 6) is 0. The van der Waals surface area contributed by atoms with Gasteiger partial charge in [-0.3, -0.25) is 9.88 Å². The summed E-state index contributed by atoms with van der Waals surface area (Å²) in [5.41, 5.74) is 4.66. The van der Waals surface area contributed by atoms with Crippen molar-refractivity contribution >= 4 is 45.9 Å². The Hall–Kier alpha value is -3.36. The Morgan fingerprint density at radius 2 is 2.06 bits per heavy atom. The van der Waals surface area contributed by atoms with Gasteiger partial charge >= 0.3 is 12.1 Å². The summed E-state index contributed by atoms with van der Waals surface area (Å²) < 4.78 is 0. The van der Waals surface area contributed by atoms with E-state index in [0.29, 0.717) is 41.6 Å². The normalized spacial score (nSPS) is 16.1. The summed E-state index contributed by atoms with van der Waals surface area (Å²) in [7, 11) is 0. The minimum absolute atomic E-state index is 0.330. The fourth-order valence-electron chi connectivity index (χ4n) is 3.58. The van der Waals surface area contributed by atoms with Gasteiger partial charge in [0.15, 0.2) is 0 Å². The minimum atomic E-state index is -0.817. The zero-order chi connectivity index (χ0) is 22.8. The Bertz CT molecular complexity index is 1200. The molecule has 1 aliphatic rings. The summed E-state index contributed by atoms with van der Waals surface area (Å²) in [6, 6.07) is 12.3. The van der Waals surface area contributed by atoms with Crippen LogP contribution in [0, 0.1) is 13.8 Å². The van der Waals surface area contributed by atoms with E-state index in [0.717, 1.165) is 22.0 Å². The number of nitrogens with zero attached hydrogens (tertiary/aromatic N) is 2. The van der Waals surface area contributed by atoms with Crippen LogP contribution in [0.1, 0.15) is 23.2 Å². The lowest BCUT2D eigenvalue weighted by Gasteiger charge is -2.31. The molecule has 1 unspecified atom stereocenters. The van der Waals surface area contributed by atoms with Gasteiger partial charge < -0.3 is 21.1 Å². The van der Waals surface area contributed by atoms with Crippen LogP contribution in [-0.4, -0.2) is 34.9 Å². The van der Waals surface area contributed by atoms with Crippen molar-refractivity contribution in [2.45, 2.75) is 33.0 Å². The molecule has 0 bridgehead atoms. The summed E-state index contributed by atoms with van der Waals surface area (Å²) in [5, 5.41) is 19.2. The standard InChI is InChI=1S/C23H24ClN5O3/c1-13-3-6-17(11-18(13)24)27-22(31)25-12-15-4-5-16-10-20(14(2)26-19(16)9-15)29-8-7-21(30)28-23(29)32/h3-6,9-11,21,30H,7-8,12H2,1-2H3,(H,28,32)(H2,25,27,31). The average Bonchev–Trinajstić information content (AvgIpc) is 2.75. The Labute approximate surface area is 190 Å². The third-order valence-corrected chi connectivity index (χ3v) is 5.79. The second kappa shape index (κ2) is 9.02. The van der Waals surface area contributed by atoms with Gasteiger partial charge in [-0.25, -0.2) is 9.59 Å². The first-order valence-corrected chi connectivity index (χ1v) is 10.7. The third-order valence-electron chi connectivity index (χ3n) is 5.38. The molecule has 0 aliphatic carbocycles. The maximum Gasteiger partial charge on any atom is 0.323 e. The molecule has 2 aromatic carbocycles. The van der Waals surface area contributed by atoms with Gasteiger partial charge in [-0.1, -0.05) is 29.8 Å². The number of fused-ring (bicyclic) bond motifs is 1. The minimum Gasteiger partial charge on any atom is -0.374 e. The molecule has 4 rings (SSSR count). The van der Waals surface area contributed by atoms with E-state index in [4.69, 9.17) is 11.6 Å². The van der Waals surface area contributed by atoms with Crippen molar-refractivity contribution in [1.29, 1.82) is 0 Å². The van der Waals surface area contributed by atoms with E-state index in [9.17, 15) is 14.7 Å². The topological polar surface area (TPSA) is 107 Å². The van der Waals surface area contributed by atoms with Crippen LogP contribution in [0.2, 0.25) is 5.02 Å². The van der Waals surface area contributed by atoms with Crippen molar-refractivity contribution in [1.82, 2.24) is 15.6 Å². The van der Waals surface area contributed by atoms with Crippen LogP contribution in [0.15, 0.2) is 42.5 Å². The first-order chi connectivity index (χ1) is 15.3. The molecular weight excluding hydrogens is 430 g/mol. The van der Waals surface area contributed by atoms with Crippen LogP contribution >= 0.6 is 11.6 Å². The number of carbonyl (C=O) groups excluding carboxylic acids is 2. The Balaban J connectivity index is 1.45. The molecule has 166 valence electrons. The lowest BCUT2D eigenvalue weighted by Crippen LogP contribution is -2.52. The Morgan fingerprint density at radius 1 is 1.25 bits per heavy atom. The van der Waals surface area contributed by atoms with Crippen molar-refractivity contribution in [3.8, 4) is 0 Å². The highest BCUT2D eigenvalue weighted by Crippen LogP contribution is 2.26. The number of pyridine rings is 1. The third kappa shape index (κ3) is 4.76. The molecule has 32 heavy (non-hydrogen) atoms. The van der Waals surface area contributed by atoms with Gasteiger partial charge in [0.2, 0.25) is 0 Å². The van der Waals surface area contributed by atoms with E-state index in [2.05, 4.69) is 20.9 Å². The first-order valence-electron chi connectivity index (χ1n) is 10.3. The monoisotopic (exact) mass is 453 g/mol. The van der Waals surface area contributed by atoms with E-state index < -0.39 is 6.23 Å². The molecule has 8 nitrogen and oxygen atoms in total. The summed E-state index contributed by atoms with van der Waals surface area (Å²) in [6.07, 6.45) is -0.368. The lowest BCUT2D eigenvalue weighted by atomic mass is 10.1. The number of urea groups is 2. The molecule has 0 spiro atoms. The number of anilines is 2. The number of carbonyl (C=O) groups is 2. The lowest BCUT2D eigenvalue weighted by molar-refractivity contribution is 0.125. The maximum atomic E-state index is 12.2. The van der Waals surface area contributed by atoms with Crippen LogP contribution < -0.4 is 20.9 Å². The number of hydrogen-bond donors (Lipinski definition) is 4. The van der Waals surface area contributed by atoms with Crippen LogP contribution in [0.4, 0.5) is 21.0 Å². The van der Waals surface area contributed by atoms with E-state index in [1.54, 1.807) is 17.0 Å². The highest BCUT2D eigenvalue weighted by Gasteiger charge is 2.26. The van der Waals surface area contributed by atoms with Crippen LogP contribution in [0.5, 0.6) is 0 Å². The van der Waals surface area contributed by atoms with E-state index in [-0.39, 0.29) is 12.1 Å². The summed E-state index contributed by atoms with van der Waals surface area (Å²) in [4.78, 5) is 30.7. The predicted octanol–water partition coefficient (Wildman–Crippen LogP) is 4.06. The van der Waals surface area contributed by atoms with Crippen molar-refractivity contribution in [3.05, 3.63) is 64.3 Å². The second-order valence-electron chi connectivity index (χ2n) is 7.80. The molecular formula is C23H24ClN5O3. The molecule has 1 fully saturated rings. The van der Waals surface area contributed by atoms with Gasteiger partial charge in [0.25, 0.3) is 0 Å². The number of aryl methyl sites for hydroxylation is 2. The number of aliphatic hydroxyl groups excluding tert-OH is 1. The molecule has 4 N–H and O–H groups in total. The first kappa shape index (κ1) is 21.9. The highest BCUT2D eigenvalue weighted by molar-refractivity contribution is 6.31. The van der Waals surface area contributed by atoms with Gasteiger partial charge in [-0.05, 0) is 49.2 Å². The van der Waals surface area contributed by atoms with E-state index >= 15 is 0 Å². The molecule has 1 aliphatic heterocycles. The van der Waals surface area contributed by atoms with Crippen LogP contribution in [0.3, 0.4) is 0 Å². The molecule has 2 heterocycles. The zero-order valence-electron chi connectivity index (χ0n) is 17.8. The molecule has 4 amide bonds. The maximum absolute atomic E-state index is 12.2. The van der Waals surface area contributed by atoms with Gasteiger partial charge in [0, 0.05) is 35.6 Å². The summed E-state index contributed by atoms with van der Waals surface area (Å²) >= 11 is 6.10. The number of benzene rings is 2. The van der Waals surface area contributed by atoms with Crippen molar-refractivity contribution in [2.24, 2.45) is 0 Å². The number of rotatable bonds is 4. The molecule has 1 atom stereocenters. The fourth-order valence-corrected chi connectivity index (χ4v) is 3.77. The molecule has 1 aromatic heterocycles. The van der Waals surface area contributed by atoms with Gasteiger partial charge in [0.1, 0.15) is 6.23 Å². The van der Waals surface area contributed by atoms with Crippen LogP contribution in [0.25, 0.3) is 10.9 Å². The van der Waals surface area contributed by atoms with Gasteiger partial charge in [-0.15, -0.1) is 0 Å². The van der Waals surface area contributed by atoms with Crippen molar-refractivity contribution in [3.63, 3.8) is 0 Å². The fraction of sp³-hybridized carbons (Fsp3) is 0.261. The second-order valence-corrected chi connectivity index (χ2v) is 8.20. The van der Waals surface area contributed by atoms with Gasteiger partial charge in [0.05, 0.1) is 16.9 Å². The Morgan fingerprint density at radius 3 is 2.81 bits per heavy atom. The smallest absolute Gasteiger partial charge is 0.323 e. The number of amides is 4. The Kier molecular flexibility index (Phi) is 6.16. The zero-order valence-corrected chi connectivity index (χ0v) is 18.5. The van der Waals surface area contributed by atoms with Crippen molar-refractivity contribution < 1.29 is 14.7 Å². The largest absolute Gasteiger partial charge is 0.374 e. The highest BCUT2D eigenvalue weighted by atomic mass is 35.5. The quantitative estimate of drug-likeness (QED) is 0.477. The number of nitrogens with one attached hydrogen (secondary N) is 3. The number of aliphatic hydroxyl groups is 1. The number of halogens is 1. The van der Waals surface area contributed by atoms with Gasteiger partial charge in [-0.2, -0.15) is 0 Å². The number of hydrogen-bond acceptors (Lipinski definition) is 4. The molecule has 9 heteroatoms.